The van der Waals surface area contributed by atoms with Crippen LogP contribution in [-0.4, -0.2) is 53.6 Å². The minimum atomic E-state index is -0.755. The Morgan fingerprint density at radius 1 is 1.16 bits per heavy atom. The van der Waals surface area contributed by atoms with Gasteiger partial charge in [0.2, 0.25) is 6.41 Å². The first-order valence-corrected chi connectivity index (χ1v) is 15.8. The number of nitrogens with zero attached hydrogens (tertiary/aromatic N) is 2. The summed E-state index contributed by atoms with van der Waals surface area (Å²) in [6, 6.07) is 7.41. The molecule has 3 unspecified atom stereocenters. The van der Waals surface area contributed by atoms with Gasteiger partial charge in [-0.15, -0.1) is 0 Å². The Morgan fingerprint density at radius 3 is 2.20 bits per heavy atom. The number of carbonyl (C=O) groups excluding carboxylic acids is 2. The number of carbonyl (C=O) groups is 3. The fraction of sp³-hybridized carbons (Fsp3) is 0.556. The lowest BCUT2D eigenvalue weighted by atomic mass is 9.74. The third kappa shape index (κ3) is 12.7. The summed E-state index contributed by atoms with van der Waals surface area (Å²) < 4.78 is 13.8. The lowest BCUT2D eigenvalue weighted by Crippen LogP contribution is -2.53. The molecule has 0 aromatic heterocycles. The van der Waals surface area contributed by atoms with E-state index in [2.05, 4.69) is 39.6 Å². The number of benzene rings is 1. The number of carboxylic acid groups (broad SMARTS) is 1. The standard InChI is InChI=1S/C32H45FN2O2.C4H9NO2/c1-8-29(33)16-11-26(7)30(9-2)34-32(19-24(5)18-25(6)20-32)35(22-37)31(17-10-23(3)4)28-14-12-27(21-36)13-15-28;1-5-3-2-4(6)7/h8,11-16,21-25,31H,1,9-10,17-20H2,2-7H3;5H,2-3H2,1H3,(H,6,7)/b26-11+,29-16+,34-30+;. The minimum Gasteiger partial charge on any atom is -0.481 e. The summed E-state index contributed by atoms with van der Waals surface area (Å²) in [5.74, 6) is 0.134. The molecular formula is C36H54FN3O4. The Balaban J connectivity index is 0.00000123. The number of allylic oxidation sites excluding steroid dienone is 5. The van der Waals surface area contributed by atoms with Crippen molar-refractivity contribution in [2.45, 2.75) is 98.2 Å². The average molecular weight is 612 g/mol. The van der Waals surface area contributed by atoms with Crippen molar-refractivity contribution in [3.05, 3.63) is 71.6 Å². The van der Waals surface area contributed by atoms with E-state index in [1.807, 2.05) is 43.0 Å². The third-order valence-corrected chi connectivity index (χ3v) is 7.97. The van der Waals surface area contributed by atoms with Gasteiger partial charge in [-0.2, -0.15) is 0 Å². The highest BCUT2D eigenvalue weighted by Gasteiger charge is 2.45. The van der Waals surface area contributed by atoms with Crippen LogP contribution in [0.1, 0.15) is 108 Å². The van der Waals surface area contributed by atoms with Gasteiger partial charge < -0.3 is 15.3 Å². The van der Waals surface area contributed by atoms with E-state index < -0.39 is 17.5 Å². The Kier molecular flexibility index (Phi) is 17.4. The fourth-order valence-corrected chi connectivity index (χ4v) is 5.93. The molecule has 1 saturated carbocycles. The molecule has 0 radical (unpaired) electrons. The summed E-state index contributed by atoms with van der Waals surface area (Å²) >= 11 is 0. The van der Waals surface area contributed by atoms with Gasteiger partial charge in [0.05, 0.1) is 12.5 Å². The first kappa shape index (κ1) is 38.6. The second-order valence-corrected chi connectivity index (χ2v) is 12.4. The van der Waals surface area contributed by atoms with Crippen LogP contribution in [0.3, 0.4) is 0 Å². The highest BCUT2D eigenvalue weighted by Crippen LogP contribution is 2.45. The summed E-state index contributed by atoms with van der Waals surface area (Å²) in [4.78, 5) is 41.3. The molecular weight excluding hydrogens is 557 g/mol. The van der Waals surface area contributed by atoms with Crippen LogP contribution in [0.2, 0.25) is 0 Å². The predicted molar refractivity (Wildman–Crippen MR) is 179 cm³/mol. The molecule has 244 valence electrons. The molecule has 8 heteroatoms. The van der Waals surface area contributed by atoms with Gasteiger partial charge in [0.15, 0.2) is 0 Å². The number of rotatable bonds is 16. The molecule has 0 spiro atoms. The second-order valence-electron chi connectivity index (χ2n) is 12.4. The zero-order valence-electron chi connectivity index (χ0n) is 27.8. The van der Waals surface area contributed by atoms with Crippen LogP contribution in [0.25, 0.3) is 0 Å². The molecule has 1 aromatic rings. The lowest BCUT2D eigenvalue weighted by molar-refractivity contribution is -0.137. The Bertz CT molecular complexity index is 1150. The Labute approximate surface area is 264 Å². The van der Waals surface area contributed by atoms with Crippen LogP contribution in [-0.2, 0) is 9.59 Å². The molecule has 0 heterocycles. The van der Waals surface area contributed by atoms with Crippen LogP contribution >= 0.6 is 0 Å². The SMILES string of the molecule is C=C\C(F)=C/C=C(C)/C(CC)=N/C1(N(C=O)C(CCC(C)C)c2ccc(C=O)cc2)CC(C)CC(C)C1.CNCCC(=O)O. The third-order valence-electron chi connectivity index (χ3n) is 7.97. The van der Waals surface area contributed by atoms with E-state index in [0.29, 0.717) is 36.3 Å². The summed E-state index contributed by atoms with van der Waals surface area (Å²) in [7, 11) is 1.73. The second kappa shape index (κ2) is 19.8. The van der Waals surface area contributed by atoms with Gasteiger partial charge in [-0.1, -0.05) is 71.5 Å². The van der Waals surface area contributed by atoms with E-state index in [1.165, 1.54) is 12.2 Å². The van der Waals surface area contributed by atoms with E-state index in [-0.39, 0.29) is 12.5 Å². The molecule has 2 N–H and O–H groups in total. The van der Waals surface area contributed by atoms with E-state index >= 15 is 0 Å². The minimum absolute atomic E-state index is 0.164. The summed E-state index contributed by atoms with van der Waals surface area (Å²) in [5.41, 5.74) is 2.68. The quantitative estimate of drug-likeness (QED) is 0.112. The molecule has 1 aliphatic rings. The van der Waals surface area contributed by atoms with Crippen molar-refractivity contribution in [3.63, 3.8) is 0 Å². The maximum Gasteiger partial charge on any atom is 0.304 e. The largest absolute Gasteiger partial charge is 0.481 e. The van der Waals surface area contributed by atoms with Gasteiger partial charge in [0, 0.05) is 17.8 Å². The molecule has 1 aromatic carbocycles. The van der Waals surface area contributed by atoms with Crippen molar-refractivity contribution in [1.82, 2.24) is 10.2 Å². The number of aliphatic imine (C=N–C) groups is 1. The van der Waals surface area contributed by atoms with Gasteiger partial charge in [-0.25, -0.2) is 4.39 Å². The monoisotopic (exact) mass is 611 g/mol. The molecule has 1 fully saturated rings. The first-order valence-electron chi connectivity index (χ1n) is 15.8. The zero-order chi connectivity index (χ0) is 33.3. The van der Waals surface area contributed by atoms with Crippen molar-refractivity contribution in [1.29, 1.82) is 0 Å². The van der Waals surface area contributed by atoms with Gasteiger partial charge in [-0.05, 0) is 93.5 Å². The van der Waals surface area contributed by atoms with Crippen LogP contribution in [0.4, 0.5) is 4.39 Å². The molecule has 1 aliphatic carbocycles. The summed E-state index contributed by atoms with van der Waals surface area (Å²) in [5, 5.41) is 10.7. The molecule has 7 nitrogen and oxygen atoms in total. The molecule has 2 rings (SSSR count). The number of nitrogens with one attached hydrogen (secondary N) is 1. The number of amides is 1. The van der Waals surface area contributed by atoms with Crippen LogP contribution in [0.15, 0.2) is 65.5 Å². The number of hydrogen-bond acceptors (Lipinski definition) is 5. The average Bonchev–Trinajstić information content (AvgIpc) is 2.99. The number of halogens is 1. The number of aliphatic carboxylic acids is 1. The van der Waals surface area contributed by atoms with Crippen molar-refractivity contribution in [2.75, 3.05) is 13.6 Å². The molecule has 3 atom stereocenters. The predicted octanol–water partition coefficient (Wildman–Crippen LogP) is 8.10. The van der Waals surface area contributed by atoms with Crippen molar-refractivity contribution in [3.8, 4) is 0 Å². The van der Waals surface area contributed by atoms with E-state index in [4.69, 9.17) is 10.1 Å². The maximum atomic E-state index is 13.8. The molecule has 44 heavy (non-hydrogen) atoms. The van der Waals surface area contributed by atoms with E-state index in [9.17, 15) is 18.8 Å². The molecule has 0 saturated heterocycles. The number of aldehydes is 1. The first-order chi connectivity index (χ1) is 20.9. The molecule has 1 amide bonds. The van der Waals surface area contributed by atoms with Crippen molar-refractivity contribution in [2.24, 2.45) is 22.7 Å². The smallest absolute Gasteiger partial charge is 0.304 e. The maximum absolute atomic E-state index is 13.8. The van der Waals surface area contributed by atoms with E-state index in [0.717, 1.165) is 61.6 Å². The number of carboxylic acids is 1. The van der Waals surface area contributed by atoms with Crippen molar-refractivity contribution < 1.29 is 23.9 Å². The molecule has 0 aliphatic heterocycles. The van der Waals surface area contributed by atoms with Crippen LogP contribution in [0.5, 0.6) is 0 Å². The normalized spacial score (nSPS) is 21.6. The van der Waals surface area contributed by atoms with Crippen LogP contribution in [0, 0.1) is 17.8 Å². The molecule has 0 bridgehead atoms. The lowest BCUT2D eigenvalue weighted by Gasteiger charge is -2.49. The van der Waals surface area contributed by atoms with Gasteiger partial charge in [-0.3, -0.25) is 19.4 Å². The fourth-order valence-electron chi connectivity index (χ4n) is 5.93. The highest BCUT2D eigenvalue weighted by molar-refractivity contribution is 6.00. The van der Waals surface area contributed by atoms with Gasteiger partial charge in [0.25, 0.3) is 0 Å². The highest BCUT2D eigenvalue weighted by atomic mass is 19.1. The topological polar surface area (TPSA) is 99.1 Å². The Morgan fingerprint density at radius 2 is 1.77 bits per heavy atom. The Hall–Kier alpha value is -3.39. The zero-order valence-corrected chi connectivity index (χ0v) is 27.8. The number of hydrogen-bond donors (Lipinski definition) is 2. The summed E-state index contributed by atoms with van der Waals surface area (Å²) in [6.07, 6.45) is 11.4. The van der Waals surface area contributed by atoms with Gasteiger partial charge >= 0.3 is 5.97 Å². The van der Waals surface area contributed by atoms with Gasteiger partial charge in [0.1, 0.15) is 17.8 Å². The summed E-state index contributed by atoms with van der Waals surface area (Å²) in [6.45, 7) is 16.9. The van der Waals surface area contributed by atoms with Crippen LogP contribution < -0.4 is 5.32 Å². The van der Waals surface area contributed by atoms with E-state index in [1.54, 1.807) is 13.1 Å². The van der Waals surface area contributed by atoms with Crippen molar-refractivity contribution >= 4 is 24.4 Å².